The zero-order valence-corrected chi connectivity index (χ0v) is 15.1. The zero-order chi connectivity index (χ0) is 17.5. The van der Waals surface area contributed by atoms with Crippen molar-refractivity contribution in [2.24, 2.45) is 4.99 Å². The third-order valence-electron chi connectivity index (χ3n) is 3.76. The summed E-state index contributed by atoms with van der Waals surface area (Å²) in [7, 11) is 0. The first-order valence-corrected chi connectivity index (χ1v) is 9.46. The predicted octanol–water partition coefficient (Wildman–Crippen LogP) is 1.62. The van der Waals surface area contributed by atoms with E-state index < -0.39 is 10.4 Å². The summed E-state index contributed by atoms with van der Waals surface area (Å²) in [6.07, 6.45) is 3.46. The summed E-state index contributed by atoms with van der Waals surface area (Å²) in [4.78, 5) is 15.0. The number of nitro groups is 1. The van der Waals surface area contributed by atoms with E-state index in [0.717, 1.165) is 31.4 Å². The molecule has 1 unspecified atom stereocenters. The Morgan fingerprint density at radius 3 is 3.04 bits per heavy atom. The van der Waals surface area contributed by atoms with E-state index in [9.17, 15) is 10.1 Å². The van der Waals surface area contributed by atoms with E-state index in [2.05, 4.69) is 22.5 Å². The van der Waals surface area contributed by atoms with Gasteiger partial charge in [0, 0.05) is 11.8 Å². The lowest BCUT2D eigenvalue weighted by Gasteiger charge is -2.23. The fourth-order valence-corrected chi connectivity index (χ4v) is 3.79. The largest absolute Gasteiger partial charge is 0.394 e. The van der Waals surface area contributed by atoms with Gasteiger partial charge in [-0.1, -0.05) is 30.3 Å². The average Bonchev–Trinajstić information content (AvgIpc) is 2.97. The highest BCUT2D eigenvalue weighted by atomic mass is 35.5. The second-order valence-corrected chi connectivity index (χ2v) is 7.13. The van der Waals surface area contributed by atoms with Crippen LogP contribution in [0.4, 0.5) is 0 Å². The number of alkyl halides is 1. The number of nitrogens with zero attached hydrogens (tertiary/aromatic N) is 2. The van der Waals surface area contributed by atoms with Crippen molar-refractivity contribution in [3.63, 3.8) is 0 Å². The van der Waals surface area contributed by atoms with Gasteiger partial charge in [0.25, 0.3) is 0 Å². The van der Waals surface area contributed by atoms with Crippen molar-refractivity contribution in [1.82, 2.24) is 10.6 Å². The number of halogens is 1. The first kappa shape index (κ1) is 19.3. The number of rotatable bonds is 8. The minimum absolute atomic E-state index is 0.00478. The van der Waals surface area contributed by atoms with Crippen LogP contribution in [0.3, 0.4) is 0 Å². The van der Waals surface area contributed by atoms with Crippen LogP contribution in [-0.2, 0) is 4.74 Å². The Morgan fingerprint density at radius 1 is 1.58 bits per heavy atom. The molecule has 8 nitrogen and oxygen atoms in total. The van der Waals surface area contributed by atoms with Crippen molar-refractivity contribution in [2.75, 3.05) is 19.0 Å². The Bertz CT molecular complexity index is 517. The zero-order valence-electron chi connectivity index (χ0n) is 13.5. The maximum Gasteiger partial charge on any atom is 0.325 e. The summed E-state index contributed by atoms with van der Waals surface area (Å²) < 4.78 is 5.53. The molecule has 10 heteroatoms. The molecule has 0 aromatic carbocycles. The van der Waals surface area contributed by atoms with Gasteiger partial charge < -0.3 is 20.5 Å². The Kier molecular flexibility index (Phi) is 7.60. The molecule has 0 bridgehead atoms. The monoisotopic (exact) mass is 378 g/mol. The van der Waals surface area contributed by atoms with E-state index in [1.54, 1.807) is 0 Å². The van der Waals surface area contributed by atoms with Crippen molar-refractivity contribution in [1.29, 1.82) is 0 Å². The quantitative estimate of drug-likeness (QED) is 0.255. The summed E-state index contributed by atoms with van der Waals surface area (Å²) in [5.74, 6) is 1.18. The SMILES string of the molecule is CCCSC1=NC(Cl)C([N+](=O)[O-])=C(N[C@H]2CC[C@@H](OCCO)C2)N1. The molecule has 1 heterocycles. The van der Waals surface area contributed by atoms with E-state index in [-0.39, 0.29) is 24.4 Å². The summed E-state index contributed by atoms with van der Waals surface area (Å²) >= 11 is 7.59. The molecular weight excluding hydrogens is 356 g/mol. The second kappa shape index (κ2) is 9.45. The lowest BCUT2D eigenvalue weighted by atomic mass is 10.2. The van der Waals surface area contributed by atoms with Gasteiger partial charge in [-0.25, -0.2) is 4.99 Å². The van der Waals surface area contributed by atoms with E-state index in [0.29, 0.717) is 17.6 Å². The Morgan fingerprint density at radius 2 is 2.38 bits per heavy atom. The second-order valence-electron chi connectivity index (χ2n) is 5.63. The Balaban J connectivity index is 2.01. The van der Waals surface area contributed by atoms with Gasteiger partial charge in [-0.05, 0) is 25.7 Å². The fourth-order valence-electron chi connectivity index (χ4n) is 2.69. The molecule has 1 fully saturated rings. The van der Waals surface area contributed by atoms with Gasteiger partial charge in [-0.3, -0.25) is 10.1 Å². The number of ether oxygens (including phenoxy) is 1. The lowest BCUT2D eigenvalue weighted by molar-refractivity contribution is -0.429. The molecule has 0 aromatic rings. The van der Waals surface area contributed by atoms with Gasteiger partial charge >= 0.3 is 5.70 Å². The highest BCUT2D eigenvalue weighted by Crippen LogP contribution is 2.26. The van der Waals surface area contributed by atoms with Crippen LogP contribution in [-0.4, -0.2) is 51.8 Å². The number of nitrogens with one attached hydrogen (secondary N) is 2. The summed E-state index contributed by atoms with van der Waals surface area (Å²) in [6.45, 7) is 2.36. The van der Waals surface area contributed by atoms with Gasteiger partial charge in [-0.2, -0.15) is 0 Å². The number of hydrogen-bond acceptors (Lipinski definition) is 8. The van der Waals surface area contributed by atoms with E-state index >= 15 is 0 Å². The van der Waals surface area contributed by atoms with Crippen LogP contribution in [0.2, 0.25) is 0 Å². The van der Waals surface area contributed by atoms with Crippen LogP contribution in [0.25, 0.3) is 0 Å². The van der Waals surface area contributed by atoms with E-state index in [4.69, 9.17) is 21.4 Å². The van der Waals surface area contributed by atoms with Gasteiger partial charge in [0.1, 0.15) is 0 Å². The van der Waals surface area contributed by atoms with Crippen LogP contribution in [0.15, 0.2) is 16.5 Å². The number of aliphatic imine (C=N–C) groups is 1. The molecule has 3 N–H and O–H groups in total. The molecule has 1 aliphatic carbocycles. The average molecular weight is 379 g/mol. The highest BCUT2D eigenvalue weighted by molar-refractivity contribution is 8.13. The minimum Gasteiger partial charge on any atom is -0.394 e. The number of amidine groups is 1. The highest BCUT2D eigenvalue weighted by Gasteiger charge is 2.35. The summed E-state index contributed by atoms with van der Waals surface area (Å²) in [6, 6.07) is 0.0607. The summed E-state index contributed by atoms with van der Waals surface area (Å²) in [5.41, 5.74) is -1.16. The van der Waals surface area contributed by atoms with Crippen LogP contribution in [0, 0.1) is 10.1 Å². The molecule has 0 amide bonds. The van der Waals surface area contributed by atoms with E-state index in [1.807, 2.05) is 0 Å². The third kappa shape index (κ3) is 5.23. The summed E-state index contributed by atoms with van der Waals surface area (Å²) in [5, 5.41) is 26.9. The van der Waals surface area contributed by atoms with Gasteiger partial charge in [0.15, 0.2) is 11.0 Å². The number of thioether (sulfide) groups is 1. The van der Waals surface area contributed by atoms with Crippen LogP contribution < -0.4 is 10.6 Å². The Hall–Kier alpha value is -1.03. The molecule has 0 spiro atoms. The Labute approximate surface area is 150 Å². The van der Waals surface area contributed by atoms with Gasteiger partial charge in [-0.15, -0.1) is 0 Å². The smallest absolute Gasteiger partial charge is 0.325 e. The molecule has 24 heavy (non-hydrogen) atoms. The lowest BCUT2D eigenvalue weighted by Crippen LogP contribution is -2.42. The standard InChI is InChI=1S/C14H23ClN4O4S/c1-2-7-24-14-17-12(15)11(19(21)22)13(18-14)16-9-3-4-10(8-9)23-6-5-20/h9-10,12,16,20H,2-8H2,1H3,(H,17,18)/t9-,10+,12?/m0/s1. The normalized spacial score (nSPS) is 27.0. The molecule has 0 aromatic heterocycles. The molecule has 3 atom stereocenters. The molecule has 136 valence electrons. The van der Waals surface area contributed by atoms with Crippen molar-refractivity contribution < 1.29 is 14.8 Å². The van der Waals surface area contributed by atoms with Crippen molar-refractivity contribution in [3.05, 3.63) is 21.6 Å². The third-order valence-corrected chi connectivity index (χ3v) is 5.16. The molecule has 1 aliphatic heterocycles. The topological polar surface area (TPSA) is 109 Å². The maximum absolute atomic E-state index is 11.3. The maximum atomic E-state index is 11.3. The molecule has 0 radical (unpaired) electrons. The molecule has 1 saturated carbocycles. The van der Waals surface area contributed by atoms with Crippen molar-refractivity contribution in [2.45, 2.75) is 50.3 Å². The first-order valence-electron chi connectivity index (χ1n) is 8.04. The molecule has 0 saturated heterocycles. The minimum atomic E-state index is -1.01. The van der Waals surface area contributed by atoms with Crippen molar-refractivity contribution in [3.8, 4) is 0 Å². The van der Waals surface area contributed by atoms with E-state index in [1.165, 1.54) is 11.8 Å². The molecule has 2 rings (SSSR count). The predicted molar refractivity (Wildman–Crippen MR) is 94.6 cm³/mol. The fraction of sp³-hybridized carbons (Fsp3) is 0.786. The number of aliphatic hydroxyl groups is 1. The first-order chi connectivity index (χ1) is 11.5. The van der Waals surface area contributed by atoms with Crippen LogP contribution >= 0.6 is 23.4 Å². The number of hydrogen-bond donors (Lipinski definition) is 3. The van der Waals surface area contributed by atoms with Gasteiger partial charge in [0.05, 0.1) is 24.2 Å². The van der Waals surface area contributed by atoms with Gasteiger partial charge in [0.2, 0.25) is 5.50 Å². The van der Waals surface area contributed by atoms with Crippen LogP contribution in [0.1, 0.15) is 32.6 Å². The molecular formula is C14H23ClN4O4S. The number of aliphatic hydroxyl groups excluding tert-OH is 1. The van der Waals surface area contributed by atoms with Crippen LogP contribution in [0.5, 0.6) is 0 Å². The van der Waals surface area contributed by atoms with Crippen molar-refractivity contribution >= 4 is 28.5 Å². The molecule has 2 aliphatic rings.